The maximum atomic E-state index is 11.7. The first kappa shape index (κ1) is 12.4. The Labute approximate surface area is 89.7 Å². The molecule has 1 heterocycles. The molecule has 5 nitrogen and oxygen atoms in total. The number of hydrogen-bond donors (Lipinski definition) is 2. The van der Waals surface area contributed by atoms with E-state index in [-0.39, 0.29) is 12.0 Å². The van der Waals surface area contributed by atoms with Gasteiger partial charge >= 0.3 is 5.97 Å². The molecular weight excluding hydrogens is 198 g/mol. The molecule has 0 saturated carbocycles. The van der Waals surface area contributed by atoms with Crippen LogP contribution in [0.1, 0.15) is 27.7 Å². The van der Waals surface area contributed by atoms with Gasteiger partial charge in [0.15, 0.2) is 5.79 Å². The molecule has 3 atom stereocenters. The Bertz CT molecular complexity index is 240. The molecule has 15 heavy (non-hydrogen) atoms. The lowest BCUT2D eigenvalue weighted by atomic mass is 9.86. The Morgan fingerprint density at radius 2 is 2.27 bits per heavy atom. The lowest BCUT2D eigenvalue weighted by Gasteiger charge is -2.25. The van der Waals surface area contributed by atoms with Crippen LogP contribution >= 0.6 is 0 Å². The molecule has 0 aromatic rings. The summed E-state index contributed by atoms with van der Waals surface area (Å²) < 4.78 is 4.92. The first-order valence-electron chi connectivity index (χ1n) is 5.22. The first-order valence-corrected chi connectivity index (χ1v) is 5.22. The second kappa shape index (κ2) is 4.47. The van der Waals surface area contributed by atoms with Gasteiger partial charge in [-0.3, -0.25) is 9.63 Å². The van der Waals surface area contributed by atoms with Gasteiger partial charge in [-0.05, 0) is 19.8 Å². The van der Waals surface area contributed by atoms with E-state index in [0.29, 0.717) is 6.61 Å². The summed E-state index contributed by atoms with van der Waals surface area (Å²) in [6.45, 7) is 7.41. The van der Waals surface area contributed by atoms with Crippen LogP contribution < -0.4 is 5.48 Å². The fourth-order valence-corrected chi connectivity index (χ4v) is 1.77. The van der Waals surface area contributed by atoms with E-state index in [9.17, 15) is 9.90 Å². The average molecular weight is 217 g/mol. The SMILES string of the molecule is CCOC(=O)C1C(C(C)C)NOC1(C)O. The van der Waals surface area contributed by atoms with Crippen molar-refractivity contribution in [3.05, 3.63) is 0 Å². The minimum atomic E-state index is -1.50. The third-order valence-corrected chi connectivity index (χ3v) is 2.60. The van der Waals surface area contributed by atoms with Crippen LogP contribution in [0.5, 0.6) is 0 Å². The number of carbonyl (C=O) groups excluding carboxylic acids is 1. The van der Waals surface area contributed by atoms with Crippen LogP contribution in [0.4, 0.5) is 0 Å². The number of carbonyl (C=O) groups is 1. The summed E-state index contributed by atoms with van der Waals surface area (Å²) in [5.74, 6) is -2.43. The summed E-state index contributed by atoms with van der Waals surface area (Å²) in [6, 6.07) is -0.223. The molecule has 2 N–H and O–H groups in total. The molecule has 0 aromatic heterocycles. The molecular formula is C10H19NO4. The summed E-state index contributed by atoms with van der Waals surface area (Å²) in [5, 5.41) is 9.89. The van der Waals surface area contributed by atoms with Crippen molar-refractivity contribution in [1.82, 2.24) is 5.48 Å². The molecule has 0 amide bonds. The van der Waals surface area contributed by atoms with Crippen molar-refractivity contribution in [2.75, 3.05) is 6.61 Å². The van der Waals surface area contributed by atoms with Gasteiger partial charge in [0.2, 0.25) is 0 Å². The second-order valence-electron chi connectivity index (χ2n) is 4.27. The highest BCUT2D eigenvalue weighted by Gasteiger charge is 2.52. The van der Waals surface area contributed by atoms with E-state index in [0.717, 1.165) is 0 Å². The highest BCUT2D eigenvalue weighted by molar-refractivity contribution is 5.74. The highest BCUT2D eigenvalue weighted by Crippen LogP contribution is 2.32. The number of hydroxylamine groups is 1. The van der Waals surface area contributed by atoms with E-state index in [1.807, 2.05) is 13.8 Å². The van der Waals surface area contributed by atoms with Crippen LogP contribution in [0.25, 0.3) is 0 Å². The van der Waals surface area contributed by atoms with Gasteiger partial charge in [-0.2, -0.15) is 5.48 Å². The van der Waals surface area contributed by atoms with Gasteiger partial charge in [0.25, 0.3) is 0 Å². The molecule has 88 valence electrons. The largest absolute Gasteiger partial charge is 0.466 e. The van der Waals surface area contributed by atoms with Gasteiger partial charge in [-0.15, -0.1) is 0 Å². The van der Waals surface area contributed by atoms with Crippen molar-refractivity contribution in [2.45, 2.75) is 39.5 Å². The van der Waals surface area contributed by atoms with Crippen molar-refractivity contribution in [2.24, 2.45) is 11.8 Å². The molecule has 3 unspecified atom stereocenters. The number of hydrogen-bond acceptors (Lipinski definition) is 5. The fraction of sp³-hybridized carbons (Fsp3) is 0.900. The summed E-state index contributed by atoms with van der Waals surface area (Å²) in [6.07, 6.45) is 0. The molecule has 0 aromatic carbocycles. The Morgan fingerprint density at radius 1 is 1.67 bits per heavy atom. The Hall–Kier alpha value is -0.650. The number of esters is 1. The Balaban J connectivity index is 2.82. The predicted molar refractivity (Wildman–Crippen MR) is 53.6 cm³/mol. The highest BCUT2D eigenvalue weighted by atomic mass is 16.8. The van der Waals surface area contributed by atoms with Crippen LogP contribution in [0.15, 0.2) is 0 Å². The van der Waals surface area contributed by atoms with E-state index in [2.05, 4.69) is 5.48 Å². The zero-order valence-corrected chi connectivity index (χ0v) is 9.61. The van der Waals surface area contributed by atoms with Crippen molar-refractivity contribution in [3.63, 3.8) is 0 Å². The van der Waals surface area contributed by atoms with Gasteiger partial charge in [0.05, 0.1) is 12.6 Å². The van der Waals surface area contributed by atoms with E-state index >= 15 is 0 Å². The van der Waals surface area contributed by atoms with Gasteiger partial charge in [-0.1, -0.05) is 13.8 Å². The van der Waals surface area contributed by atoms with Crippen molar-refractivity contribution >= 4 is 5.97 Å². The van der Waals surface area contributed by atoms with Crippen LogP contribution in [0.3, 0.4) is 0 Å². The lowest BCUT2D eigenvalue weighted by molar-refractivity contribution is -0.213. The number of rotatable bonds is 3. The van der Waals surface area contributed by atoms with Crippen molar-refractivity contribution < 1.29 is 19.5 Å². The molecule has 0 radical (unpaired) electrons. The molecule has 1 aliphatic rings. The predicted octanol–water partition coefficient (Wildman–Crippen LogP) is 0.434. The molecule has 1 fully saturated rings. The summed E-state index contributed by atoms with van der Waals surface area (Å²) in [7, 11) is 0. The average Bonchev–Trinajstić information content (AvgIpc) is 2.41. The topological polar surface area (TPSA) is 67.8 Å². The monoisotopic (exact) mass is 217 g/mol. The molecule has 1 saturated heterocycles. The normalized spacial score (nSPS) is 35.9. The zero-order chi connectivity index (χ0) is 11.6. The molecule has 5 heteroatoms. The second-order valence-corrected chi connectivity index (χ2v) is 4.27. The van der Waals surface area contributed by atoms with Gasteiger partial charge in [0, 0.05) is 0 Å². The number of aliphatic hydroxyl groups is 1. The summed E-state index contributed by atoms with van der Waals surface area (Å²) in [4.78, 5) is 16.7. The van der Waals surface area contributed by atoms with Gasteiger partial charge in [-0.25, -0.2) is 0 Å². The maximum Gasteiger partial charge on any atom is 0.316 e. The Kier molecular flexibility index (Phi) is 3.70. The van der Waals surface area contributed by atoms with Crippen LogP contribution in [-0.4, -0.2) is 29.5 Å². The summed E-state index contributed by atoms with van der Waals surface area (Å²) in [5.41, 5.74) is 2.68. The standard InChI is InChI=1S/C10H19NO4/c1-5-14-9(12)7-8(6(2)3)11-15-10(7,4)13/h6-8,11,13H,5H2,1-4H3. The van der Waals surface area contributed by atoms with Crippen LogP contribution in [-0.2, 0) is 14.4 Å². The van der Waals surface area contributed by atoms with Crippen molar-refractivity contribution in [1.29, 1.82) is 0 Å². The first-order chi connectivity index (χ1) is 6.90. The van der Waals surface area contributed by atoms with E-state index < -0.39 is 17.7 Å². The fourth-order valence-electron chi connectivity index (χ4n) is 1.77. The van der Waals surface area contributed by atoms with Crippen LogP contribution in [0.2, 0.25) is 0 Å². The third kappa shape index (κ3) is 2.48. The zero-order valence-electron chi connectivity index (χ0n) is 9.61. The molecule has 0 bridgehead atoms. The van der Waals surface area contributed by atoms with Gasteiger partial charge < -0.3 is 9.84 Å². The number of nitrogens with one attached hydrogen (secondary N) is 1. The minimum Gasteiger partial charge on any atom is -0.466 e. The van der Waals surface area contributed by atoms with Crippen LogP contribution in [0, 0.1) is 11.8 Å². The summed E-state index contributed by atoms with van der Waals surface area (Å²) >= 11 is 0. The van der Waals surface area contributed by atoms with E-state index in [1.54, 1.807) is 6.92 Å². The third-order valence-electron chi connectivity index (χ3n) is 2.60. The molecule has 0 aliphatic carbocycles. The van der Waals surface area contributed by atoms with Gasteiger partial charge in [0.1, 0.15) is 5.92 Å². The minimum absolute atomic E-state index is 0.174. The Morgan fingerprint density at radius 3 is 2.73 bits per heavy atom. The smallest absolute Gasteiger partial charge is 0.316 e. The molecule has 0 spiro atoms. The van der Waals surface area contributed by atoms with E-state index in [4.69, 9.17) is 9.57 Å². The van der Waals surface area contributed by atoms with E-state index in [1.165, 1.54) is 6.92 Å². The number of ether oxygens (including phenoxy) is 1. The maximum absolute atomic E-state index is 11.7. The quantitative estimate of drug-likeness (QED) is 0.671. The van der Waals surface area contributed by atoms with Crippen molar-refractivity contribution in [3.8, 4) is 0 Å². The molecule has 1 aliphatic heterocycles. The molecule has 1 rings (SSSR count). The lowest BCUT2D eigenvalue weighted by Crippen LogP contribution is -2.44.